The third-order valence-electron chi connectivity index (χ3n) is 2.77. The fraction of sp³-hybridized carbons (Fsp3) is 0.312. The van der Waals surface area contributed by atoms with Crippen LogP contribution in [0.4, 0.5) is 23.2 Å². The standard InChI is InChI=1S/C14H12F4N2O.C2H6/c1-8-4-12(19)11(15)5-10(8)9-2-3-13(20-6-9)21-7-14(16,17)18;1-2/h2-6H,7,19H2,1H3;1-2H3. The van der Waals surface area contributed by atoms with Crippen LogP contribution in [0.15, 0.2) is 30.5 Å². The van der Waals surface area contributed by atoms with E-state index in [4.69, 9.17) is 5.73 Å². The summed E-state index contributed by atoms with van der Waals surface area (Å²) >= 11 is 0. The maximum atomic E-state index is 13.5. The van der Waals surface area contributed by atoms with Gasteiger partial charge < -0.3 is 10.5 Å². The molecule has 0 saturated carbocycles. The molecule has 0 unspecified atom stereocenters. The second kappa shape index (κ2) is 7.80. The SMILES string of the molecule is CC.Cc1cc(N)c(F)cc1-c1ccc(OCC(F)(F)F)nc1. The summed E-state index contributed by atoms with van der Waals surface area (Å²) in [5.74, 6) is -0.711. The normalized spacial score (nSPS) is 10.7. The molecule has 0 fully saturated rings. The van der Waals surface area contributed by atoms with E-state index in [0.29, 0.717) is 11.1 Å². The molecule has 2 aromatic rings. The molecule has 0 aliphatic heterocycles. The quantitative estimate of drug-likeness (QED) is 0.653. The summed E-state index contributed by atoms with van der Waals surface area (Å²) in [5.41, 5.74) is 7.35. The van der Waals surface area contributed by atoms with Gasteiger partial charge in [-0.05, 0) is 36.2 Å². The molecule has 23 heavy (non-hydrogen) atoms. The number of alkyl halides is 3. The number of aromatic nitrogens is 1. The van der Waals surface area contributed by atoms with Crippen LogP contribution in [-0.2, 0) is 0 Å². The average Bonchev–Trinajstić information content (AvgIpc) is 2.51. The number of nitrogen functional groups attached to an aromatic ring is 1. The van der Waals surface area contributed by atoms with E-state index in [1.165, 1.54) is 30.5 Å². The molecule has 0 aliphatic carbocycles. The van der Waals surface area contributed by atoms with E-state index in [9.17, 15) is 17.6 Å². The van der Waals surface area contributed by atoms with Gasteiger partial charge in [-0.3, -0.25) is 0 Å². The molecule has 0 aliphatic rings. The lowest BCUT2D eigenvalue weighted by atomic mass is 10.0. The Labute approximate surface area is 132 Å². The number of hydrogen-bond acceptors (Lipinski definition) is 3. The minimum Gasteiger partial charge on any atom is -0.468 e. The number of benzene rings is 1. The highest BCUT2D eigenvalue weighted by molar-refractivity contribution is 5.69. The summed E-state index contributed by atoms with van der Waals surface area (Å²) in [6, 6.07) is 5.56. The van der Waals surface area contributed by atoms with Gasteiger partial charge in [0.05, 0.1) is 5.69 Å². The molecule has 0 saturated heterocycles. The molecule has 0 spiro atoms. The van der Waals surface area contributed by atoms with Crippen molar-refractivity contribution in [2.75, 3.05) is 12.3 Å². The Bertz CT molecular complexity index is 640. The number of hydrogen-bond donors (Lipinski definition) is 1. The Hall–Kier alpha value is -2.31. The van der Waals surface area contributed by atoms with Crippen LogP contribution < -0.4 is 10.5 Å². The van der Waals surface area contributed by atoms with Gasteiger partial charge in [-0.25, -0.2) is 9.37 Å². The van der Waals surface area contributed by atoms with Crippen LogP contribution in [0.25, 0.3) is 11.1 Å². The lowest BCUT2D eigenvalue weighted by molar-refractivity contribution is -0.154. The first-order chi connectivity index (χ1) is 10.8. The molecule has 1 aromatic carbocycles. The Morgan fingerprint density at radius 3 is 2.35 bits per heavy atom. The molecule has 1 heterocycles. The molecule has 2 N–H and O–H groups in total. The van der Waals surface area contributed by atoms with Crippen molar-refractivity contribution < 1.29 is 22.3 Å². The van der Waals surface area contributed by atoms with Crippen LogP contribution in [0.2, 0.25) is 0 Å². The van der Waals surface area contributed by atoms with Gasteiger partial charge >= 0.3 is 6.18 Å². The number of aryl methyl sites for hydroxylation is 1. The molecule has 0 radical (unpaired) electrons. The van der Waals surface area contributed by atoms with Crippen molar-refractivity contribution in [2.24, 2.45) is 0 Å². The smallest absolute Gasteiger partial charge is 0.422 e. The Morgan fingerprint density at radius 2 is 1.83 bits per heavy atom. The van der Waals surface area contributed by atoms with E-state index in [1.807, 2.05) is 13.8 Å². The molecule has 126 valence electrons. The van der Waals surface area contributed by atoms with Crippen molar-refractivity contribution >= 4 is 5.69 Å². The largest absolute Gasteiger partial charge is 0.468 e. The van der Waals surface area contributed by atoms with Gasteiger partial charge in [-0.2, -0.15) is 13.2 Å². The van der Waals surface area contributed by atoms with Crippen LogP contribution in [0, 0.1) is 12.7 Å². The molecular weight excluding hydrogens is 312 g/mol. The predicted molar refractivity (Wildman–Crippen MR) is 81.7 cm³/mol. The number of pyridine rings is 1. The minimum absolute atomic E-state index is 0.0364. The third kappa shape index (κ3) is 5.43. The third-order valence-corrected chi connectivity index (χ3v) is 2.77. The van der Waals surface area contributed by atoms with Crippen molar-refractivity contribution in [3.8, 4) is 17.0 Å². The molecule has 7 heteroatoms. The maximum Gasteiger partial charge on any atom is 0.422 e. The van der Waals surface area contributed by atoms with E-state index >= 15 is 0 Å². The number of nitrogens with two attached hydrogens (primary N) is 1. The number of nitrogens with zero attached hydrogens (tertiary/aromatic N) is 1. The first kappa shape index (κ1) is 18.7. The van der Waals surface area contributed by atoms with Crippen LogP contribution in [-0.4, -0.2) is 17.8 Å². The molecule has 0 amide bonds. The lowest BCUT2D eigenvalue weighted by Crippen LogP contribution is -2.19. The molecule has 0 atom stereocenters. The number of anilines is 1. The lowest BCUT2D eigenvalue weighted by Gasteiger charge is -2.10. The Kier molecular flexibility index (Phi) is 6.36. The molecule has 1 aromatic heterocycles. The highest BCUT2D eigenvalue weighted by Gasteiger charge is 2.28. The Balaban J connectivity index is 0.00000127. The number of rotatable bonds is 3. The van der Waals surface area contributed by atoms with Gasteiger partial charge in [0.2, 0.25) is 5.88 Å². The second-order valence-corrected chi connectivity index (χ2v) is 4.48. The summed E-state index contributed by atoms with van der Waals surface area (Å²) in [6.45, 7) is 4.34. The topological polar surface area (TPSA) is 48.1 Å². The average molecular weight is 330 g/mol. The van der Waals surface area contributed by atoms with E-state index < -0.39 is 18.6 Å². The van der Waals surface area contributed by atoms with E-state index in [-0.39, 0.29) is 11.6 Å². The second-order valence-electron chi connectivity index (χ2n) is 4.48. The van der Waals surface area contributed by atoms with Crippen molar-refractivity contribution in [3.05, 3.63) is 41.8 Å². The van der Waals surface area contributed by atoms with Crippen molar-refractivity contribution in [1.82, 2.24) is 4.98 Å². The van der Waals surface area contributed by atoms with Gasteiger partial charge in [0.25, 0.3) is 0 Å². The summed E-state index contributed by atoms with van der Waals surface area (Å²) in [4.78, 5) is 3.78. The molecular formula is C16H18F4N2O. The predicted octanol–water partition coefficient (Wildman–Crippen LogP) is 4.75. The minimum atomic E-state index is -4.42. The fourth-order valence-electron chi connectivity index (χ4n) is 1.80. The molecule has 0 bridgehead atoms. The first-order valence-electron chi connectivity index (χ1n) is 6.98. The summed E-state index contributed by atoms with van der Waals surface area (Å²) in [7, 11) is 0. The van der Waals surface area contributed by atoms with Crippen LogP contribution >= 0.6 is 0 Å². The first-order valence-corrected chi connectivity index (χ1v) is 6.98. The highest BCUT2D eigenvalue weighted by atomic mass is 19.4. The zero-order chi connectivity index (χ0) is 17.6. The van der Waals surface area contributed by atoms with E-state index in [1.54, 1.807) is 6.92 Å². The summed E-state index contributed by atoms with van der Waals surface area (Å²) in [6.07, 6.45) is -3.10. The molecule has 3 nitrogen and oxygen atoms in total. The summed E-state index contributed by atoms with van der Waals surface area (Å²) < 4.78 is 54.0. The van der Waals surface area contributed by atoms with Crippen LogP contribution in [0.5, 0.6) is 5.88 Å². The van der Waals surface area contributed by atoms with E-state index in [0.717, 1.165) is 5.56 Å². The van der Waals surface area contributed by atoms with Gasteiger partial charge in [-0.1, -0.05) is 13.8 Å². The highest BCUT2D eigenvalue weighted by Crippen LogP contribution is 2.28. The fourth-order valence-corrected chi connectivity index (χ4v) is 1.80. The van der Waals surface area contributed by atoms with Crippen molar-refractivity contribution in [2.45, 2.75) is 26.9 Å². The zero-order valence-corrected chi connectivity index (χ0v) is 13.0. The number of halogens is 4. The van der Waals surface area contributed by atoms with Crippen LogP contribution in [0.1, 0.15) is 19.4 Å². The van der Waals surface area contributed by atoms with E-state index in [2.05, 4.69) is 9.72 Å². The van der Waals surface area contributed by atoms with Gasteiger partial charge in [0.1, 0.15) is 5.82 Å². The number of ether oxygens (including phenoxy) is 1. The van der Waals surface area contributed by atoms with Gasteiger partial charge in [-0.15, -0.1) is 0 Å². The maximum absolute atomic E-state index is 13.5. The van der Waals surface area contributed by atoms with Gasteiger partial charge in [0.15, 0.2) is 6.61 Å². The summed E-state index contributed by atoms with van der Waals surface area (Å²) in [5, 5.41) is 0. The Morgan fingerprint density at radius 1 is 1.17 bits per heavy atom. The van der Waals surface area contributed by atoms with Gasteiger partial charge in [0, 0.05) is 17.8 Å². The van der Waals surface area contributed by atoms with Crippen molar-refractivity contribution in [3.63, 3.8) is 0 Å². The van der Waals surface area contributed by atoms with Crippen molar-refractivity contribution in [1.29, 1.82) is 0 Å². The van der Waals surface area contributed by atoms with Crippen LogP contribution in [0.3, 0.4) is 0 Å². The molecule has 2 rings (SSSR count). The zero-order valence-electron chi connectivity index (χ0n) is 13.0. The monoisotopic (exact) mass is 330 g/mol.